The standard InChI is InChI=1S/C23H26N4O5S/c1-24-20-10-9-19(16-21(20)25(2)23(24)29)33(30,31)27-14-12-26(13-15-27)22(28)11-6-17-4-7-18(32-3)8-5-17/h4-11,16H,12-15H2,1-3H3/b11-6+. The zero-order valence-electron chi connectivity index (χ0n) is 18.8. The maximum atomic E-state index is 13.2. The summed E-state index contributed by atoms with van der Waals surface area (Å²) in [7, 11) is 1.12. The summed E-state index contributed by atoms with van der Waals surface area (Å²) in [6.07, 6.45) is 3.22. The molecule has 10 heteroatoms. The van der Waals surface area contributed by atoms with Crippen LogP contribution in [0.2, 0.25) is 0 Å². The van der Waals surface area contributed by atoms with Crippen LogP contribution in [0.25, 0.3) is 17.1 Å². The van der Waals surface area contributed by atoms with Gasteiger partial charge in [-0.2, -0.15) is 4.31 Å². The van der Waals surface area contributed by atoms with Gasteiger partial charge in [0, 0.05) is 46.4 Å². The fourth-order valence-electron chi connectivity index (χ4n) is 3.93. The number of sulfonamides is 1. The van der Waals surface area contributed by atoms with Gasteiger partial charge in [-0.1, -0.05) is 12.1 Å². The lowest BCUT2D eigenvalue weighted by molar-refractivity contribution is -0.127. The molecule has 0 saturated carbocycles. The molecule has 0 radical (unpaired) electrons. The van der Waals surface area contributed by atoms with E-state index in [1.807, 2.05) is 24.3 Å². The normalized spacial score (nSPS) is 15.4. The van der Waals surface area contributed by atoms with E-state index in [-0.39, 0.29) is 29.6 Å². The molecule has 1 fully saturated rings. The molecule has 1 aromatic heterocycles. The summed E-state index contributed by atoms with van der Waals surface area (Å²) in [4.78, 5) is 26.5. The van der Waals surface area contributed by atoms with Crippen molar-refractivity contribution in [3.05, 3.63) is 64.6 Å². The second kappa shape index (κ2) is 8.87. The SMILES string of the molecule is COc1ccc(/C=C/C(=O)N2CCN(S(=O)(=O)c3ccc4c(c3)n(C)c(=O)n4C)CC2)cc1. The first kappa shape index (κ1) is 22.8. The summed E-state index contributed by atoms with van der Waals surface area (Å²) in [5, 5.41) is 0. The molecule has 2 heterocycles. The third-order valence-electron chi connectivity index (χ3n) is 5.97. The molecule has 1 aliphatic heterocycles. The molecule has 174 valence electrons. The Morgan fingerprint density at radius 2 is 1.58 bits per heavy atom. The number of carbonyl (C=O) groups excluding carboxylic acids is 1. The molecule has 33 heavy (non-hydrogen) atoms. The van der Waals surface area contributed by atoms with Crippen molar-refractivity contribution in [3.8, 4) is 5.75 Å². The highest BCUT2D eigenvalue weighted by Gasteiger charge is 2.30. The van der Waals surface area contributed by atoms with Crippen LogP contribution in [-0.4, -0.2) is 66.0 Å². The Morgan fingerprint density at radius 1 is 0.939 bits per heavy atom. The predicted octanol–water partition coefficient (Wildman–Crippen LogP) is 1.43. The van der Waals surface area contributed by atoms with Crippen molar-refractivity contribution in [3.63, 3.8) is 0 Å². The molecular formula is C23H26N4O5S. The first-order chi connectivity index (χ1) is 15.7. The maximum Gasteiger partial charge on any atom is 0.328 e. The number of carbonyl (C=O) groups is 1. The second-order valence-electron chi connectivity index (χ2n) is 7.89. The third-order valence-corrected chi connectivity index (χ3v) is 7.86. The average Bonchev–Trinajstić information content (AvgIpc) is 3.06. The minimum absolute atomic E-state index is 0.135. The number of piperazine rings is 1. The molecule has 2 aromatic carbocycles. The van der Waals surface area contributed by atoms with E-state index in [9.17, 15) is 18.0 Å². The molecule has 0 spiro atoms. The number of fused-ring (bicyclic) bond motifs is 1. The molecule has 9 nitrogen and oxygen atoms in total. The molecule has 1 aliphatic rings. The number of ether oxygens (including phenoxy) is 1. The maximum absolute atomic E-state index is 13.2. The number of amides is 1. The van der Waals surface area contributed by atoms with Crippen molar-refractivity contribution < 1.29 is 17.9 Å². The summed E-state index contributed by atoms with van der Waals surface area (Å²) < 4.78 is 35.8. The third kappa shape index (κ3) is 4.31. The summed E-state index contributed by atoms with van der Waals surface area (Å²) >= 11 is 0. The highest BCUT2D eigenvalue weighted by atomic mass is 32.2. The van der Waals surface area contributed by atoms with Gasteiger partial charge in [0.2, 0.25) is 15.9 Å². The van der Waals surface area contributed by atoms with E-state index in [4.69, 9.17) is 4.74 Å². The summed E-state index contributed by atoms with van der Waals surface area (Å²) in [5.41, 5.74) is 1.88. The smallest absolute Gasteiger partial charge is 0.328 e. The van der Waals surface area contributed by atoms with Gasteiger partial charge < -0.3 is 9.64 Å². The Balaban J connectivity index is 1.44. The number of aromatic nitrogens is 2. The van der Waals surface area contributed by atoms with Crippen molar-refractivity contribution in [2.75, 3.05) is 33.3 Å². The lowest BCUT2D eigenvalue weighted by Gasteiger charge is -2.33. The number of imidazole rings is 1. The van der Waals surface area contributed by atoms with Crippen LogP contribution >= 0.6 is 0 Å². The van der Waals surface area contributed by atoms with Crippen LogP contribution in [0.4, 0.5) is 0 Å². The topological polar surface area (TPSA) is 93.8 Å². The Kier molecular flexibility index (Phi) is 6.13. The minimum atomic E-state index is -3.74. The van der Waals surface area contributed by atoms with Crippen LogP contribution in [0.15, 0.2) is 58.2 Å². The van der Waals surface area contributed by atoms with Crippen LogP contribution in [-0.2, 0) is 28.9 Å². The number of benzene rings is 2. The highest BCUT2D eigenvalue weighted by molar-refractivity contribution is 7.89. The molecule has 1 amide bonds. The van der Waals surface area contributed by atoms with Gasteiger partial charge in [0.15, 0.2) is 0 Å². The zero-order chi connectivity index (χ0) is 23.8. The molecule has 0 N–H and O–H groups in total. The predicted molar refractivity (Wildman–Crippen MR) is 126 cm³/mol. The van der Waals surface area contributed by atoms with E-state index in [1.165, 1.54) is 31.6 Å². The van der Waals surface area contributed by atoms with Gasteiger partial charge in [-0.15, -0.1) is 0 Å². The summed E-state index contributed by atoms with van der Waals surface area (Å²) in [6.45, 7) is 1.01. The number of hydrogen-bond acceptors (Lipinski definition) is 5. The largest absolute Gasteiger partial charge is 0.497 e. The molecule has 4 rings (SSSR count). The van der Waals surface area contributed by atoms with Gasteiger partial charge in [-0.25, -0.2) is 13.2 Å². The second-order valence-corrected chi connectivity index (χ2v) is 9.82. The number of hydrogen-bond donors (Lipinski definition) is 0. The number of rotatable bonds is 5. The highest BCUT2D eigenvalue weighted by Crippen LogP contribution is 2.22. The molecular weight excluding hydrogens is 444 g/mol. The Bertz CT molecular complexity index is 1380. The minimum Gasteiger partial charge on any atom is -0.497 e. The van der Waals surface area contributed by atoms with Crippen molar-refractivity contribution in [1.82, 2.24) is 18.3 Å². The van der Waals surface area contributed by atoms with Gasteiger partial charge in [0.05, 0.1) is 23.0 Å². The average molecular weight is 471 g/mol. The van der Waals surface area contributed by atoms with Crippen LogP contribution < -0.4 is 10.4 Å². The molecule has 3 aromatic rings. The molecule has 0 atom stereocenters. The van der Waals surface area contributed by atoms with E-state index in [2.05, 4.69) is 0 Å². The number of aryl methyl sites for hydroxylation is 2. The molecule has 0 unspecified atom stereocenters. The Hall–Kier alpha value is -3.37. The van der Waals surface area contributed by atoms with Crippen LogP contribution in [0, 0.1) is 0 Å². The van der Waals surface area contributed by atoms with E-state index in [1.54, 1.807) is 38.2 Å². The quantitative estimate of drug-likeness (QED) is 0.526. The van der Waals surface area contributed by atoms with Crippen LogP contribution in [0.3, 0.4) is 0 Å². The zero-order valence-corrected chi connectivity index (χ0v) is 19.6. The van der Waals surface area contributed by atoms with Crippen molar-refractivity contribution >= 4 is 33.0 Å². The number of nitrogens with zero attached hydrogens (tertiary/aromatic N) is 4. The molecule has 0 aliphatic carbocycles. The number of methoxy groups -OCH3 is 1. The van der Waals surface area contributed by atoms with Gasteiger partial charge >= 0.3 is 5.69 Å². The Morgan fingerprint density at radius 3 is 2.21 bits per heavy atom. The van der Waals surface area contributed by atoms with Gasteiger partial charge in [0.1, 0.15) is 5.75 Å². The van der Waals surface area contributed by atoms with E-state index < -0.39 is 10.0 Å². The van der Waals surface area contributed by atoms with Gasteiger partial charge in [0.25, 0.3) is 0 Å². The van der Waals surface area contributed by atoms with Gasteiger partial charge in [-0.3, -0.25) is 13.9 Å². The lowest BCUT2D eigenvalue weighted by atomic mass is 10.2. The Labute approximate surface area is 192 Å². The first-order valence-electron chi connectivity index (χ1n) is 10.5. The molecule has 0 bridgehead atoms. The van der Waals surface area contributed by atoms with Crippen molar-refractivity contribution in [2.24, 2.45) is 14.1 Å². The van der Waals surface area contributed by atoms with Crippen LogP contribution in [0.1, 0.15) is 5.56 Å². The fraction of sp³-hybridized carbons (Fsp3) is 0.304. The van der Waals surface area contributed by atoms with Crippen molar-refractivity contribution in [2.45, 2.75) is 4.90 Å². The first-order valence-corrected chi connectivity index (χ1v) is 11.9. The van der Waals surface area contributed by atoms with Crippen LogP contribution in [0.5, 0.6) is 5.75 Å². The summed E-state index contributed by atoms with van der Waals surface area (Å²) in [6, 6.07) is 12.0. The monoisotopic (exact) mass is 470 g/mol. The van der Waals surface area contributed by atoms with E-state index in [0.717, 1.165) is 11.3 Å². The fourth-order valence-corrected chi connectivity index (χ4v) is 5.38. The summed E-state index contributed by atoms with van der Waals surface area (Å²) in [5.74, 6) is 0.577. The van der Waals surface area contributed by atoms with E-state index >= 15 is 0 Å². The lowest BCUT2D eigenvalue weighted by Crippen LogP contribution is -2.50. The van der Waals surface area contributed by atoms with Gasteiger partial charge in [-0.05, 0) is 42.0 Å². The molecule has 1 saturated heterocycles. The van der Waals surface area contributed by atoms with Crippen molar-refractivity contribution in [1.29, 1.82) is 0 Å². The van der Waals surface area contributed by atoms with E-state index in [0.29, 0.717) is 24.1 Å².